The second-order valence-corrected chi connectivity index (χ2v) is 23.7. The number of benzene rings is 16. The molecule has 5 heteroatoms. The highest BCUT2D eigenvalue weighted by atomic mass is 15.1. The summed E-state index contributed by atoms with van der Waals surface area (Å²) in [5.41, 5.74) is 19.8. The van der Waals surface area contributed by atoms with Crippen molar-refractivity contribution in [1.82, 2.24) is 14.5 Å². The van der Waals surface area contributed by atoms with Gasteiger partial charge in [0, 0.05) is 61.4 Å². The first-order chi connectivity index (χ1) is 45.1. The third kappa shape index (κ3) is 8.93. The Bertz CT molecular complexity index is 5730. The topological polar surface area (TPSA) is 37.2 Å². The Hall–Kier alpha value is -12.2. The van der Waals surface area contributed by atoms with Crippen LogP contribution in [-0.2, 0) is 0 Å². The summed E-state index contributed by atoms with van der Waals surface area (Å²) in [6, 6.07) is 121. The van der Waals surface area contributed by atoms with E-state index in [4.69, 9.17) is 9.97 Å². The number of rotatable bonds is 10. The lowest BCUT2D eigenvalue weighted by molar-refractivity contribution is 1.18. The summed E-state index contributed by atoms with van der Waals surface area (Å²) < 4.78 is 2.47. The molecule has 16 aromatic carbocycles. The van der Waals surface area contributed by atoms with Crippen LogP contribution >= 0.6 is 0 Å². The lowest BCUT2D eigenvalue weighted by atomic mass is 9.95. The van der Waals surface area contributed by atoms with Crippen molar-refractivity contribution in [1.29, 1.82) is 0 Å². The maximum atomic E-state index is 6.02. The van der Waals surface area contributed by atoms with Gasteiger partial charge < -0.3 is 14.4 Å². The predicted octanol–water partition coefficient (Wildman–Crippen LogP) is 23.6. The minimum absolute atomic E-state index is 0.827. The van der Waals surface area contributed by atoms with Crippen LogP contribution in [-0.4, -0.2) is 14.5 Å². The van der Waals surface area contributed by atoms with Crippen LogP contribution in [0.2, 0.25) is 0 Å². The Kier molecular flexibility index (Phi) is 12.2. The Morgan fingerprint density at radius 2 is 0.604 bits per heavy atom. The maximum absolute atomic E-state index is 6.02. The maximum Gasteiger partial charge on any atom is 0.0995 e. The summed E-state index contributed by atoms with van der Waals surface area (Å²) in [6.45, 7) is 0. The van der Waals surface area contributed by atoms with Gasteiger partial charge in [-0.25, -0.2) is 9.97 Å². The molecular formula is C86H55N5. The van der Waals surface area contributed by atoms with Crippen molar-refractivity contribution >= 4 is 132 Å². The number of fused-ring (bicyclic) bond motifs is 14. The van der Waals surface area contributed by atoms with Crippen molar-refractivity contribution in [2.24, 2.45) is 0 Å². The third-order valence-electron chi connectivity index (χ3n) is 18.4. The first kappa shape index (κ1) is 52.0. The van der Waals surface area contributed by atoms with Gasteiger partial charge in [0.05, 0.1) is 33.1 Å². The van der Waals surface area contributed by atoms with Gasteiger partial charge in [0.25, 0.3) is 0 Å². The number of para-hydroxylation sites is 4. The van der Waals surface area contributed by atoms with E-state index in [1.807, 2.05) is 0 Å². The summed E-state index contributed by atoms with van der Waals surface area (Å²) in [5, 5.41) is 13.6. The van der Waals surface area contributed by atoms with Crippen molar-refractivity contribution in [2.75, 3.05) is 9.80 Å². The molecule has 424 valence electrons. The SMILES string of the molecule is c1ccc(N(c2ccccc2)c2ccc3c(c2)c2cc(N(c4ccccc4)c4ccccc4)ccc2c2nc4c(ccc5c4c4cc(-c6ccc7ccccc7c6)ccc4n5-c4cc(-c5ccc6ccccc6c5)cc(-c5ccc6ccccc6c5)c4)nc32)cc1. The van der Waals surface area contributed by atoms with Gasteiger partial charge in [0.15, 0.2) is 0 Å². The van der Waals surface area contributed by atoms with Gasteiger partial charge in [-0.2, -0.15) is 0 Å². The van der Waals surface area contributed by atoms with Crippen molar-refractivity contribution in [3.8, 4) is 39.1 Å². The molecule has 18 rings (SSSR count). The van der Waals surface area contributed by atoms with Crippen LogP contribution in [0.3, 0.4) is 0 Å². The van der Waals surface area contributed by atoms with E-state index >= 15 is 0 Å². The van der Waals surface area contributed by atoms with Gasteiger partial charge in [-0.15, -0.1) is 0 Å². The molecule has 0 fully saturated rings. The monoisotopic (exact) mass is 1160 g/mol. The average Bonchev–Trinajstić information content (AvgIpc) is 1.71. The lowest BCUT2D eigenvalue weighted by Crippen LogP contribution is -2.10. The van der Waals surface area contributed by atoms with E-state index in [9.17, 15) is 0 Å². The zero-order valence-corrected chi connectivity index (χ0v) is 49.5. The van der Waals surface area contributed by atoms with Crippen LogP contribution < -0.4 is 9.80 Å². The third-order valence-corrected chi connectivity index (χ3v) is 18.4. The van der Waals surface area contributed by atoms with E-state index in [2.05, 4.69) is 348 Å². The smallest absolute Gasteiger partial charge is 0.0995 e. The average molecular weight is 1160 g/mol. The molecule has 0 aliphatic carbocycles. The molecule has 18 aromatic rings. The number of hydrogen-bond donors (Lipinski definition) is 0. The predicted molar refractivity (Wildman–Crippen MR) is 385 cm³/mol. The largest absolute Gasteiger partial charge is 0.310 e. The Balaban J connectivity index is 0.924. The lowest BCUT2D eigenvalue weighted by Gasteiger charge is -2.27. The number of aromatic nitrogens is 3. The van der Waals surface area contributed by atoms with Gasteiger partial charge in [0.2, 0.25) is 0 Å². The zero-order chi connectivity index (χ0) is 59.9. The molecule has 0 N–H and O–H groups in total. The molecule has 0 saturated carbocycles. The highest BCUT2D eigenvalue weighted by molar-refractivity contribution is 6.27. The minimum atomic E-state index is 0.827. The summed E-state index contributed by atoms with van der Waals surface area (Å²) in [6.07, 6.45) is 0. The normalized spacial score (nSPS) is 11.7. The summed E-state index contributed by atoms with van der Waals surface area (Å²) in [7, 11) is 0. The highest BCUT2D eigenvalue weighted by Gasteiger charge is 2.24. The molecule has 2 aromatic heterocycles. The molecule has 2 heterocycles. The first-order valence-electron chi connectivity index (χ1n) is 31.1. The van der Waals surface area contributed by atoms with E-state index in [1.165, 1.54) is 32.3 Å². The summed E-state index contributed by atoms with van der Waals surface area (Å²) in [4.78, 5) is 16.5. The molecule has 0 spiro atoms. The Morgan fingerprint density at radius 1 is 0.220 bits per heavy atom. The zero-order valence-electron chi connectivity index (χ0n) is 49.5. The van der Waals surface area contributed by atoms with Crippen LogP contribution in [0.15, 0.2) is 334 Å². The van der Waals surface area contributed by atoms with Crippen LogP contribution in [0.4, 0.5) is 34.1 Å². The van der Waals surface area contributed by atoms with Gasteiger partial charge >= 0.3 is 0 Å². The minimum Gasteiger partial charge on any atom is -0.310 e. The number of nitrogens with zero attached hydrogens (tertiary/aromatic N) is 5. The molecule has 0 bridgehead atoms. The second-order valence-electron chi connectivity index (χ2n) is 23.7. The highest BCUT2D eigenvalue weighted by Crippen LogP contribution is 2.46. The summed E-state index contributed by atoms with van der Waals surface area (Å²) in [5.74, 6) is 0. The van der Waals surface area contributed by atoms with E-state index in [0.717, 1.165) is 139 Å². The fourth-order valence-corrected chi connectivity index (χ4v) is 14.0. The van der Waals surface area contributed by atoms with Crippen LogP contribution in [0.25, 0.3) is 137 Å². The van der Waals surface area contributed by atoms with E-state index in [1.54, 1.807) is 0 Å². The van der Waals surface area contributed by atoms with Crippen molar-refractivity contribution in [3.05, 3.63) is 334 Å². The molecule has 0 unspecified atom stereocenters. The molecule has 0 aliphatic heterocycles. The van der Waals surface area contributed by atoms with Gasteiger partial charge in [0.1, 0.15) is 0 Å². The van der Waals surface area contributed by atoms with Gasteiger partial charge in [-0.1, -0.05) is 200 Å². The molecule has 5 nitrogen and oxygen atoms in total. The number of hydrogen-bond acceptors (Lipinski definition) is 4. The van der Waals surface area contributed by atoms with Crippen LogP contribution in [0.5, 0.6) is 0 Å². The Morgan fingerprint density at radius 3 is 1.07 bits per heavy atom. The summed E-state index contributed by atoms with van der Waals surface area (Å²) >= 11 is 0. The van der Waals surface area contributed by atoms with Crippen LogP contribution in [0, 0.1) is 0 Å². The molecule has 91 heavy (non-hydrogen) atoms. The van der Waals surface area contributed by atoms with Crippen molar-refractivity contribution in [2.45, 2.75) is 0 Å². The molecule has 0 atom stereocenters. The molecule has 0 radical (unpaired) electrons. The van der Waals surface area contributed by atoms with Gasteiger partial charge in [-0.05, 0) is 210 Å². The van der Waals surface area contributed by atoms with Crippen molar-refractivity contribution < 1.29 is 0 Å². The quantitative estimate of drug-likeness (QED) is 0.101. The number of anilines is 6. The second kappa shape index (κ2) is 21.3. The van der Waals surface area contributed by atoms with E-state index in [0.29, 0.717) is 0 Å². The van der Waals surface area contributed by atoms with E-state index < -0.39 is 0 Å². The van der Waals surface area contributed by atoms with Gasteiger partial charge in [-0.3, -0.25) is 0 Å². The first-order valence-corrected chi connectivity index (χ1v) is 31.1. The van der Waals surface area contributed by atoms with E-state index in [-0.39, 0.29) is 0 Å². The fourth-order valence-electron chi connectivity index (χ4n) is 14.0. The molecular weight excluding hydrogens is 1100 g/mol. The molecule has 0 aliphatic rings. The fraction of sp³-hybridized carbons (Fsp3) is 0. The molecule has 0 saturated heterocycles. The Labute approximate surface area is 525 Å². The van der Waals surface area contributed by atoms with Crippen molar-refractivity contribution in [3.63, 3.8) is 0 Å². The van der Waals surface area contributed by atoms with Crippen LogP contribution in [0.1, 0.15) is 0 Å². The molecule has 0 amide bonds. The standard InChI is InChI=1S/C86H55N5/c1-5-25-68(26-6-1)89(69-27-7-2-8-28-69)72-40-42-75-77(54-72)78-55-73(90(70-29-9-3-10-30-70)71-31-11-4-12-32-71)41-43-76(78)85-84(75)87-80-44-46-82-83(86(80)88-85)79-53-65(62-36-33-56-19-13-16-22-59(56)47-62)39-45-81(79)91(82)74-51-66(63-37-34-57-20-14-17-23-60(57)48-63)50-67(52-74)64-38-35-58-21-15-18-24-61(58)49-64/h1-55H.